The molecule has 0 aromatic heterocycles. The molecule has 0 saturated carbocycles. The summed E-state index contributed by atoms with van der Waals surface area (Å²) < 4.78 is 33.3. The summed E-state index contributed by atoms with van der Waals surface area (Å²) in [5.74, 6) is 0.126. The highest BCUT2D eigenvalue weighted by Gasteiger charge is 2.41. The normalized spacial score (nSPS) is 24.0. The number of nitrogens with zero attached hydrogens (tertiary/aromatic N) is 3. The van der Waals surface area contributed by atoms with E-state index in [0.29, 0.717) is 26.2 Å². The summed E-state index contributed by atoms with van der Waals surface area (Å²) in [7, 11) is -0.366. The fourth-order valence-corrected chi connectivity index (χ4v) is 4.90. The van der Waals surface area contributed by atoms with Crippen molar-refractivity contribution in [1.82, 2.24) is 13.5 Å². The maximum atomic E-state index is 12.6. The van der Waals surface area contributed by atoms with Crippen molar-refractivity contribution in [1.29, 1.82) is 0 Å². The summed E-state index contributed by atoms with van der Waals surface area (Å²) >= 11 is 0. The summed E-state index contributed by atoms with van der Waals surface area (Å²) in [6.07, 6.45) is 1.80. The molecule has 2 atom stereocenters. The number of carbonyl (C=O) groups is 1. The average molecular weight is 381 g/mol. The van der Waals surface area contributed by atoms with Crippen LogP contribution in [0.3, 0.4) is 0 Å². The Morgan fingerprint density at radius 2 is 1.88 bits per heavy atom. The summed E-state index contributed by atoms with van der Waals surface area (Å²) in [6, 6.07) is 9.67. The van der Waals surface area contributed by atoms with Gasteiger partial charge in [0.2, 0.25) is 5.91 Å². The van der Waals surface area contributed by atoms with Crippen LogP contribution in [0.25, 0.3) is 0 Å². The third-order valence-electron chi connectivity index (χ3n) is 5.13. The van der Waals surface area contributed by atoms with E-state index in [9.17, 15) is 13.2 Å². The monoisotopic (exact) mass is 381 g/mol. The van der Waals surface area contributed by atoms with Gasteiger partial charge in [-0.05, 0) is 24.3 Å². The average Bonchev–Trinajstić information content (AvgIpc) is 2.95. The molecule has 0 aliphatic carbocycles. The topological polar surface area (TPSA) is 70.2 Å². The van der Waals surface area contributed by atoms with E-state index in [1.165, 1.54) is 8.61 Å². The van der Waals surface area contributed by atoms with Gasteiger partial charge in [0.25, 0.3) is 10.2 Å². The molecule has 3 aliphatic heterocycles. The Kier molecular flexibility index (Phi) is 5.96. The third kappa shape index (κ3) is 4.25. The number of carbonyl (C=O) groups excluding carboxylic acids is 1. The standard InChI is InChI=1S/C18H27N3O4S/c1-19(2)26(23,24)20-10-16-8-9-17(12-20)21(11-16)18(22)14-25-13-15-6-4-3-5-7-15/h3-7,16-17H,8-14H2,1-2H3/t16-,17+/m0/s1. The number of amides is 1. The predicted molar refractivity (Wildman–Crippen MR) is 98.5 cm³/mol. The van der Waals surface area contributed by atoms with Crippen molar-refractivity contribution in [3.05, 3.63) is 35.9 Å². The molecule has 144 valence electrons. The maximum Gasteiger partial charge on any atom is 0.281 e. The van der Waals surface area contributed by atoms with E-state index >= 15 is 0 Å². The summed E-state index contributed by atoms with van der Waals surface area (Å²) in [5.41, 5.74) is 1.03. The van der Waals surface area contributed by atoms with Crippen molar-refractivity contribution >= 4 is 16.1 Å². The molecule has 1 amide bonds. The second-order valence-corrected chi connectivity index (χ2v) is 9.37. The molecule has 3 saturated heterocycles. The molecule has 0 spiro atoms. The second-order valence-electron chi connectivity index (χ2n) is 7.23. The Labute approximate surface area is 155 Å². The maximum absolute atomic E-state index is 12.6. The molecule has 26 heavy (non-hydrogen) atoms. The smallest absolute Gasteiger partial charge is 0.281 e. The Bertz CT molecular complexity index is 723. The first-order chi connectivity index (χ1) is 12.4. The Morgan fingerprint density at radius 3 is 2.58 bits per heavy atom. The van der Waals surface area contributed by atoms with Crippen LogP contribution in [0.4, 0.5) is 0 Å². The molecule has 8 heteroatoms. The van der Waals surface area contributed by atoms with Crippen molar-refractivity contribution in [2.45, 2.75) is 25.5 Å². The second kappa shape index (κ2) is 8.04. The molecular formula is C18H27N3O4S. The van der Waals surface area contributed by atoms with Gasteiger partial charge in [0.15, 0.2) is 0 Å². The van der Waals surface area contributed by atoms with Gasteiger partial charge in [-0.2, -0.15) is 17.0 Å². The lowest BCUT2D eigenvalue weighted by atomic mass is 9.95. The SMILES string of the molecule is CN(C)S(=O)(=O)N1C[C@@H]2CC[C@H](C1)N(C(=O)COCc1ccccc1)C2. The van der Waals surface area contributed by atoms with Gasteiger partial charge in [0, 0.05) is 39.8 Å². The van der Waals surface area contributed by atoms with Crippen molar-refractivity contribution < 1.29 is 17.9 Å². The van der Waals surface area contributed by atoms with Crippen molar-refractivity contribution in [3.8, 4) is 0 Å². The van der Waals surface area contributed by atoms with Gasteiger partial charge in [-0.15, -0.1) is 0 Å². The van der Waals surface area contributed by atoms with Crippen LogP contribution in [0.15, 0.2) is 30.3 Å². The van der Waals surface area contributed by atoms with Crippen LogP contribution in [-0.4, -0.2) is 74.2 Å². The summed E-state index contributed by atoms with van der Waals surface area (Å²) in [4.78, 5) is 14.5. The summed E-state index contributed by atoms with van der Waals surface area (Å²) in [5, 5.41) is 0. The van der Waals surface area contributed by atoms with Gasteiger partial charge in [-0.25, -0.2) is 0 Å². The minimum Gasteiger partial charge on any atom is -0.367 e. The molecule has 0 radical (unpaired) electrons. The van der Waals surface area contributed by atoms with Gasteiger partial charge in [-0.1, -0.05) is 30.3 Å². The van der Waals surface area contributed by atoms with Crippen LogP contribution in [0.1, 0.15) is 18.4 Å². The van der Waals surface area contributed by atoms with E-state index in [2.05, 4.69) is 0 Å². The zero-order valence-electron chi connectivity index (χ0n) is 15.4. The fraction of sp³-hybridized carbons (Fsp3) is 0.611. The van der Waals surface area contributed by atoms with E-state index < -0.39 is 10.2 Å². The van der Waals surface area contributed by atoms with E-state index in [-0.39, 0.29) is 24.5 Å². The van der Waals surface area contributed by atoms with Gasteiger partial charge in [0.1, 0.15) is 6.61 Å². The quantitative estimate of drug-likeness (QED) is 0.735. The molecule has 0 unspecified atom stereocenters. The minimum absolute atomic E-state index is 0.0263. The third-order valence-corrected chi connectivity index (χ3v) is 7.00. The van der Waals surface area contributed by atoms with Crippen LogP contribution < -0.4 is 0 Å². The number of ether oxygens (including phenoxy) is 1. The molecule has 4 rings (SSSR count). The molecule has 3 fully saturated rings. The lowest BCUT2D eigenvalue weighted by molar-refractivity contribution is -0.140. The lowest BCUT2D eigenvalue weighted by Gasteiger charge is -2.36. The zero-order chi connectivity index (χ0) is 18.7. The highest BCUT2D eigenvalue weighted by atomic mass is 32.2. The van der Waals surface area contributed by atoms with Crippen LogP contribution in [0, 0.1) is 5.92 Å². The number of benzene rings is 1. The predicted octanol–water partition coefficient (Wildman–Crippen LogP) is 0.932. The zero-order valence-corrected chi connectivity index (χ0v) is 16.2. The molecule has 7 nitrogen and oxygen atoms in total. The van der Waals surface area contributed by atoms with Gasteiger partial charge < -0.3 is 9.64 Å². The fourth-order valence-electron chi connectivity index (χ4n) is 3.68. The molecule has 3 aliphatic rings. The number of rotatable bonds is 6. The van der Waals surface area contributed by atoms with Crippen LogP contribution in [0.2, 0.25) is 0 Å². The molecule has 1 aromatic rings. The largest absolute Gasteiger partial charge is 0.367 e. The van der Waals surface area contributed by atoms with Crippen LogP contribution in [-0.2, 0) is 26.3 Å². The van der Waals surface area contributed by atoms with E-state index in [1.807, 2.05) is 35.2 Å². The van der Waals surface area contributed by atoms with Gasteiger partial charge >= 0.3 is 0 Å². The molecule has 1 aromatic carbocycles. The minimum atomic E-state index is -3.45. The molecular weight excluding hydrogens is 354 g/mol. The number of fused-ring (bicyclic) bond motifs is 4. The van der Waals surface area contributed by atoms with E-state index in [4.69, 9.17) is 4.74 Å². The van der Waals surface area contributed by atoms with E-state index in [0.717, 1.165) is 18.4 Å². The van der Waals surface area contributed by atoms with Crippen LogP contribution >= 0.6 is 0 Å². The Hall–Kier alpha value is -1.48. The van der Waals surface area contributed by atoms with E-state index in [1.54, 1.807) is 14.1 Å². The van der Waals surface area contributed by atoms with Crippen LogP contribution in [0.5, 0.6) is 0 Å². The first kappa shape index (κ1) is 19.3. The first-order valence-corrected chi connectivity index (χ1v) is 10.4. The highest BCUT2D eigenvalue weighted by molar-refractivity contribution is 7.86. The molecule has 3 heterocycles. The number of piperidine rings is 1. The number of hydrogen-bond acceptors (Lipinski definition) is 4. The van der Waals surface area contributed by atoms with Crippen molar-refractivity contribution in [2.24, 2.45) is 5.92 Å². The van der Waals surface area contributed by atoms with Gasteiger partial charge in [0.05, 0.1) is 6.61 Å². The first-order valence-electron chi connectivity index (χ1n) is 8.96. The Balaban J connectivity index is 1.60. The Morgan fingerprint density at radius 1 is 1.15 bits per heavy atom. The van der Waals surface area contributed by atoms with Gasteiger partial charge in [-0.3, -0.25) is 4.79 Å². The summed E-state index contributed by atoms with van der Waals surface area (Å²) in [6.45, 7) is 1.87. The highest BCUT2D eigenvalue weighted by Crippen LogP contribution is 2.29. The molecule has 2 bridgehead atoms. The molecule has 0 N–H and O–H groups in total. The lowest BCUT2D eigenvalue weighted by Crippen LogP contribution is -2.49. The van der Waals surface area contributed by atoms with Crippen molar-refractivity contribution in [2.75, 3.05) is 40.3 Å². The number of hydrogen-bond donors (Lipinski definition) is 0. The van der Waals surface area contributed by atoms with Crippen molar-refractivity contribution in [3.63, 3.8) is 0 Å².